The van der Waals surface area contributed by atoms with E-state index in [2.05, 4.69) is 34.5 Å². The zero-order valence-electron chi connectivity index (χ0n) is 15.0. The number of fused-ring (bicyclic) bond motifs is 2. The smallest absolute Gasteiger partial charge is 0.171 e. The average molecular weight is 359 g/mol. The van der Waals surface area contributed by atoms with Crippen molar-refractivity contribution in [3.8, 4) is 0 Å². The zero-order chi connectivity index (χ0) is 17.3. The predicted octanol–water partition coefficient (Wildman–Crippen LogP) is 4.00. The lowest BCUT2D eigenvalue weighted by Crippen LogP contribution is -2.75. The summed E-state index contributed by atoms with van der Waals surface area (Å²) in [5.74, 6) is 0.302. The van der Waals surface area contributed by atoms with Crippen molar-refractivity contribution in [2.45, 2.75) is 75.5 Å². The van der Waals surface area contributed by atoms with Gasteiger partial charge in [0.1, 0.15) is 5.72 Å². The van der Waals surface area contributed by atoms with Crippen LogP contribution in [0.15, 0.2) is 30.3 Å². The zero-order valence-corrected chi connectivity index (χ0v) is 15.9. The fraction of sp³-hybridized carbons (Fsp3) is 0.667. The minimum Gasteiger partial charge on any atom is -0.370 e. The minimum atomic E-state index is -0.757. The maximum atomic E-state index is 11.8. The van der Waals surface area contributed by atoms with Crippen LogP contribution in [0.25, 0.3) is 0 Å². The molecule has 0 aromatic heterocycles. The molecule has 4 heteroatoms. The first-order valence-corrected chi connectivity index (χ1v) is 10.4. The highest BCUT2D eigenvalue weighted by Gasteiger charge is 2.58. The van der Waals surface area contributed by atoms with E-state index in [1.807, 2.05) is 6.07 Å². The van der Waals surface area contributed by atoms with E-state index in [-0.39, 0.29) is 5.54 Å². The highest BCUT2D eigenvalue weighted by atomic mass is 32.1. The second-order valence-electron chi connectivity index (χ2n) is 8.21. The first-order chi connectivity index (χ1) is 12.1. The largest absolute Gasteiger partial charge is 0.370 e. The molecule has 1 aromatic carbocycles. The fourth-order valence-electron chi connectivity index (χ4n) is 5.56. The maximum absolute atomic E-state index is 11.8. The summed E-state index contributed by atoms with van der Waals surface area (Å²) in [6, 6.07) is 10.5. The van der Waals surface area contributed by atoms with Gasteiger partial charge in [-0.15, -0.1) is 0 Å². The van der Waals surface area contributed by atoms with Crippen LogP contribution in [0.1, 0.15) is 63.4 Å². The molecular formula is C21H30N2OS. The molecule has 0 bridgehead atoms. The van der Waals surface area contributed by atoms with Crippen molar-refractivity contribution < 1.29 is 5.11 Å². The third kappa shape index (κ3) is 3.08. The van der Waals surface area contributed by atoms with Crippen molar-refractivity contribution in [1.82, 2.24) is 10.2 Å². The van der Waals surface area contributed by atoms with Crippen molar-refractivity contribution in [3.05, 3.63) is 35.9 Å². The summed E-state index contributed by atoms with van der Waals surface area (Å²) in [6.07, 6.45) is 11.4. The van der Waals surface area contributed by atoms with E-state index in [1.54, 1.807) is 0 Å². The van der Waals surface area contributed by atoms with Gasteiger partial charge >= 0.3 is 0 Å². The van der Waals surface area contributed by atoms with Crippen molar-refractivity contribution in [1.29, 1.82) is 0 Å². The lowest BCUT2D eigenvalue weighted by Gasteiger charge is -2.61. The van der Waals surface area contributed by atoms with Gasteiger partial charge in [-0.2, -0.15) is 0 Å². The number of nitrogens with one attached hydrogen (secondary N) is 1. The number of nitrogens with zero attached hydrogens (tertiary/aromatic N) is 1. The van der Waals surface area contributed by atoms with Crippen molar-refractivity contribution in [2.24, 2.45) is 5.92 Å². The third-order valence-electron chi connectivity index (χ3n) is 6.79. The number of rotatable bonds is 3. The summed E-state index contributed by atoms with van der Waals surface area (Å²) in [5, 5.41) is 16.3. The van der Waals surface area contributed by atoms with Crippen LogP contribution >= 0.6 is 12.2 Å². The second kappa shape index (κ2) is 6.88. The molecule has 3 nitrogen and oxygen atoms in total. The summed E-state index contributed by atoms with van der Waals surface area (Å²) in [4.78, 5) is 2.12. The van der Waals surface area contributed by atoms with Crippen molar-refractivity contribution in [3.63, 3.8) is 0 Å². The summed E-state index contributed by atoms with van der Waals surface area (Å²) >= 11 is 5.79. The first-order valence-electron chi connectivity index (χ1n) is 10.0. The molecule has 0 amide bonds. The number of benzene rings is 1. The molecule has 1 aliphatic heterocycles. The predicted molar refractivity (Wildman–Crippen MR) is 105 cm³/mol. The Kier molecular flexibility index (Phi) is 4.76. The third-order valence-corrected chi connectivity index (χ3v) is 7.12. The molecule has 2 aliphatic carbocycles. The molecule has 1 heterocycles. The normalized spacial score (nSPS) is 31.5. The Morgan fingerprint density at radius 1 is 1.04 bits per heavy atom. The molecular weight excluding hydrogens is 328 g/mol. The molecule has 1 spiro atoms. The van der Waals surface area contributed by atoms with Gasteiger partial charge in [-0.25, -0.2) is 0 Å². The maximum Gasteiger partial charge on any atom is 0.171 e. The van der Waals surface area contributed by atoms with E-state index < -0.39 is 5.72 Å². The van der Waals surface area contributed by atoms with E-state index in [0.717, 1.165) is 50.2 Å². The summed E-state index contributed by atoms with van der Waals surface area (Å²) in [6.45, 7) is 0.791. The second-order valence-corrected chi connectivity index (χ2v) is 8.60. The van der Waals surface area contributed by atoms with E-state index in [9.17, 15) is 5.11 Å². The Labute approximate surface area is 156 Å². The number of thiocarbonyl (C=S) groups is 1. The fourth-order valence-corrected chi connectivity index (χ4v) is 6.01. The molecule has 1 aromatic rings. The van der Waals surface area contributed by atoms with Gasteiger partial charge in [-0.05, 0) is 56.3 Å². The number of aliphatic hydroxyl groups is 1. The van der Waals surface area contributed by atoms with Gasteiger partial charge in [0.2, 0.25) is 0 Å². The van der Waals surface area contributed by atoms with Crippen LogP contribution in [0.3, 0.4) is 0 Å². The van der Waals surface area contributed by atoms with Crippen LogP contribution in [-0.2, 0) is 6.42 Å². The summed E-state index contributed by atoms with van der Waals surface area (Å²) in [5.41, 5.74) is 0.583. The average Bonchev–Trinajstić information content (AvgIpc) is 2.63. The van der Waals surface area contributed by atoms with Crippen molar-refractivity contribution >= 4 is 17.3 Å². The Hall–Kier alpha value is -1.13. The van der Waals surface area contributed by atoms with E-state index in [0.29, 0.717) is 5.92 Å². The van der Waals surface area contributed by atoms with Crippen LogP contribution < -0.4 is 5.32 Å². The molecule has 2 atom stereocenters. The van der Waals surface area contributed by atoms with Crippen LogP contribution in [0.2, 0.25) is 0 Å². The Bertz CT molecular complexity index is 614. The van der Waals surface area contributed by atoms with E-state index in [4.69, 9.17) is 12.2 Å². The Morgan fingerprint density at radius 2 is 1.76 bits per heavy atom. The highest BCUT2D eigenvalue weighted by molar-refractivity contribution is 7.80. The van der Waals surface area contributed by atoms with E-state index >= 15 is 0 Å². The van der Waals surface area contributed by atoms with Crippen LogP contribution in [0.5, 0.6) is 0 Å². The van der Waals surface area contributed by atoms with Crippen LogP contribution in [-0.4, -0.2) is 32.9 Å². The van der Waals surface area contributed by atoms with E-state index in [1.165, 1.54) is 31.2 Å². The Balaban J connectivity index is 1.58. The SMILES string of the molecule is O[C@]12CCCC[C@@H]1C1(CCCCC1)NC(=S)N2CCc1ccccc1. The molecule has 136 valence electrons. The molecule has 25 heavy (non-hydrogen) atoms. The number of hydrogen-bond donors (Lipinski definition) is 2. The molecule has 3 aliphatic rings. The molecule has 1 saturated heterocycles. The van der Waals surface area contributed by atoms with Gasteiger partial charge < -0.3 is 15.3 Å². The topological polar surface area (TPSA) is 35.5 Å². The first kappa shape index (κ1) is 17.3. The minimum absolute atomic E-state index is 0.0355. The molecule has 0 radical (unpaired) electrons. The lowest BCUT2D eigenvalue weighted by atomic mass is 9.62. The van der Waals surface area contributed by atoms with Gasteiger partial charge in [-0.3, -0.25) is 0 Å². The molecule has 4 rings (SSSR count). The molecule has 2 N–H and O–H groups in total. The van der Waals surface area contributed by atoms with Gasteiger partial charge in [0.25, 0.3) is 0 Å². The summed E-state index contributed by atoms with van der Waals surface area (Å²) < 4.78 is 0. The molecule has 2 saturated carbocycles. The molecule has 0 unspecified atom stereocenters. The van der Waals surface area contributed by atoms with Crippen LogP contribution in [0, 0.1) is 5.92 Å². The summed E-state index contributed by atoms with van der Waals surface area (Å²) in [7, 11) is 0. The van der Waals surface area contributed by atoms with Gasteiger partial charge in [0.15, 0.2) is 5.11 Å². The number of hydrogen-bond acceptors (Lipinski definition) is 2. The van der Waals surface area contributed by atoms with Crippen molar-refractivity contribution in [2.75, 3.05) is 6.54 Å². The Morgan fingerprint density at radius 3 is 2.52 bits per heavy atom. The quantitative estimate of drug-likeness (QED) is 0.801. The highest BCUT2D eigenvalue weighted by Crippen LogP contribution is 2.50. The van der Waals surface area contributed by atoms with Crippen LogP contribution in [0.4, 0.5) is 0 Å². The standard InChI is InChI=1S/C21H30N2OS/c24-21-15-8-5-11-18(21)20(13-6-2-7-14-20)22-19(25)23(21)16-12-17-9-3-1-4-10-17/h1,3-4,9-10,18,24H,2,5-8,11-16H2,(H,22,25)/t18-,21-/m1/s1. The molecule has 3 fully saturated rings. The lowest BCUT2D eigenvalue weighted by molar-refractivity contribution is -0.181. The van der Waals surface area contributed by atoms with Gasteiger partial charge in [-0.1, -0.05) is 56.0 Å². The monoisotopic (exact) mass is 358 g/mol. The van der Waals surface area contributed by atoms with Gasteiger partial charge in [0.05, 0.1) is 0 Å². The van der Waals surface area contributed by atoms with Gasteiger partial charge in [0, 0.05) is 18.0 Å².